The Labute approximate surface area is 138 Å². The van der Waals surface area contributed by atoms with Gasteiger partial charge in [0.1, 0.15) is 0 Å². The molecular weight excluding hydrogens is 295 g/mol. The number of rotatable bonds is 11. The summed E-state index contributed by atoms with van der Waals surface area (Å²) in [6, 6.07) is 0. The first-order valence-electron chi connectivity index (χ1n) is 7.37. The van der Waals surface area contributed by atoms with Crippen molar-refractivity contribution in [1.29, 1.82) is 0 Å². The minimum atomic E-state index is 0. The van der Waals surface area contributed by atoms with E-state index in [1.165, 1.54) is 39.0 Å². The molecule has 20 heavy (non-hydrogen) atoms. The molecule has 0 atom stereocenters. The quantitative estimate of drug-likeness (QED) is 0.293. The monoisotopic (exact) mass is 330 g/mol. The zero-order valence-corrected chi connectivity index (χ0v) is 15.4. The fourth-order valence-corrected chi connectivity index (χ4v) is 2.34. The van der Waals surface area contributed by atoms with Crippen molar-refractivity contribution in [1.82, 2.24) is 0 Å². The van der Waals surface area contributed by atoms with Gasteiger partial charge < -0.3 is 45.2 Å². The van der Waals surface area contributed by atoms with E-state index in [4.69, 9.17) is 11.5 Å². The van der Waals surface area contributed by atoms with E-state index in [2.05, 4.69) is 28.2 Å². The Morgan fingerprint density at radius 1 is 0.550 bits per heavy atom. The van der Waals surface area contributed by atoms with Crippen molar-refractivity contribution >= 4 is 0 Å². The second kappa shape index (κ2) is 13.1. The zero-order chi connectivity index (χ0) is 14.1. The summed E-state index contributed by atoms with van der Waals surface area (Å²) in [7, 11) is 9.24. The number of nitrogens with zero attached hydrogens (tertiary/aromatic N) is 2. The van der Waals surface area contributed by atoms with Gasteiger partial charge in [-0.3, -0.25) is 0 Å². The van der Waals surface area contributed by atoms with Crippen LogP contribution in [0.2, 0.25) is 0 Å². The van der Waals surface area contributed by atoms with Crippen molar-refractivity contribution in [3.05, 3.63) is 0 Å². The number of quaternary nitrogens is 2. The highest BCUT2D eigenvalue weighted by Gasteiger charge is 2.17. The molecule has 0 bridgehead atoms. The van der Waals surface area contributed by atoms with Crippen molar-refractivity contribution in [3.63, 3.8) is 0 Å². The molecule has 0 spiro atoms. The number of hydrogen-bond acceptors (Lipinski definition) is 2. The van der Waals surface area contributed by atoms with Gasteiger partial charge in [-0.1, -0.05) is 0 Å². The minimum absolute atomic E-state index is 0. The van der Waals surface area contributed by atoms with E-state index in [9.17, 15) is 0 Å². The minimum Gasteiger partial charge on any atom is -1.00 e. The molecule has 0 radical (unpaired) electrons. The normalized spacial score (nSPS) is 11.7. The lowest BCUT2D eigenvalue weighted by Gasteiger charge is -2.32. The molecule has 0 aromatic heterocycles. The molecule has 0 unspecified atom stereocenters. The molecule has 6 heteroatoms. The maximum atomic E-state index is 5.57. The first-order valence-corrected chi connectivity index (χ1v) is 7.37. The molecule has 0 fully saturated rings. The van der Waals surface area contributed by atoms with Crippen LogP contribution in [0.3, 0.4) is 0 Å². The van der Waals surface area contributed by atoms with Gasteiger partial charge in [-0.15, -0.1) is 0 Å². The molecule has 0 saturated heterocycles. The third kappa shape index (κ3) is 14.8. The van der Waals surface area contributed by atoms with Crippen LogP contribution < -0.4 is 36.3 Å². The lowest BCUT2D eigenvalue weighted by molar-refractivity contribution is -0.896. The predicted molar refractivity (Wildman–Crippen MR) is 80.3 cm³/mol. The topological polar surface area (TPSA) is 52.0 Å². The van der Waals surface area contributed by atoms with Gasteiger partial charge in [-0.2, -0.15) is 0 Å². The summed E-state index contributed by atoms with van der Waals surface area (Å²) in [5, 5.41) is 0. The third-order valence-corrected chi connectivity index (χ3v) is 3.71. The molecule has 0 aliphatic heterocycles. The van der Waals surface area contributed by atoms with Gasteiger partial charge in [-0.25, -0.2) is 0 Å². The summed E-state index contributed by atoms with van der Waals surface area (Å²) in [5.74, 6) is 0. The largest absolute Gasteiger partial charge is 1.00 e. The Kier molecular flexibility index (Phi) is 16.6. The highest BCUT2D eigenvalue weighted by atomic mass is 35.5. The molecular formula is C14H36Cl2N4. The van der Waals surface area contributed by atoms with Crippen molar-refractivity contribution in [2.45, 2.75) is 25.7 Å². The van der Waals surface area contributed by atoms with Crippen LogP contribution in [0.25, 0.3) is 0 Å². The number of nitrogens with two attached hydrogens (primary N) is 2. The second-order valence-electron chi connectivity index (χ2n) is 6.76. The fraction of sp³-hybridized carbons (Fsp3) is 1.00. The number of hydrogen-bond donors (Lipinski definition) is 2. The zero-order valence-electron chi connectivity index (χ0n) is 13.9. The molecule has 126 valence electrons. The summed E-state index contributed by atoms with van der Waals surface area (Å²) in [5.41, 5.74) is 11.1. The average Bonchev–Trinajstić information content (AvgIpc) is 2.30. The second-order valence-corrected chi connectivity index (χ2v) is 6.76. The molecule has 0 aromatic rings. The standard InChI is InChI=1S/C14H36N4.2ClH/c1-17(2,13-7-9-15)11-5-6-12-18(3,4)14-8-10-16;;/h5-16H2,1-4H3;2*1H/q+2;;/p-2. The van der Waals surface area contributed by atoms with Crippen LogP contribution in [0, 0.1) is 0 Å². The van der Waals surface area contributed by atoms with Crippen LogP contribution in [0.5, 0.6) is 0 Å². The molecule has 0 aliphatic rings. The van der Waals surface area contributed by atoms with E-state index < -0.39 is 0 Å². The van der Waals surface area contributed by atoms with Crippen LogP contribution in [-0.2, 0) is 0 Å². The van der Waals surface area contributed by atoms with E-state index in [-0.39, 0.29) is 24.8 Å². The Morgan fingerprint density at radius 2 is 0.800 bits per heavy atom. The van der Waals surface area contributed by atoms with E-state index >= 15 is 0 Å². The molecule has 0 heterocycles. The van der Waals surface area contributed by atoms with Crippen LogP contribution in [0.15, 0.2) is 0 Å². The van der Waals surface area contributed by atoms with Gasteiger partial charge >= 0.3 is 0 Å². The van der Waals surface area contributed by atoms with E-state index in [1.54, 1.807) is 0 Å². The van der Waals surface area contributed by atoms with Crippen LogP contribution in [0.4, 0.5) is 0 Å². The molecule has 0 aliphatic carbocycles. The van der Waals surface area contributed by atoms with Gasteiger partial charge in [0.25, 0.3) is 0 Å². The van der Waals surface area contributed by atoms with Gasteiger partial charge in [0, 0.05) is 25.7 Å². The first kappa shape index (κ1) is 25.4. The van der Waals surface area contributed by atoms with Crippen molar-refractivity contribution in [3.8, 4) is 0 Å². The molecule has 4 N–H and O–H groups in total. The first-order chi connectivity index (χ1) is 8.33. The summed E-state index contributed by atoms with van der Waals surface area (Å²) in [4.78, 5) is 0. The Balaban J connectivity index is -0.00000144. The Hall–Kier alpha value is 0.420. The Bertz CT molecular complexity index is 189. The van der Waals surface area contributed by atoms with E-state index in [1.807, 2.05) is 0 Å². The van der Waals surface area contributed by atoms with Crippen molar-refractivity contribution < 1.29 is 33.8 Å². The summed E-state index contributed by atoms with van der Waals surface area (Å²) < 4.78 is 2.21. The van der Waals surface area contributed by atoms with E-state index in [0.29, 0.717) is 0 Å². The van der Waals surface area contributed by atoms with Crippen LogP contribution in [-0.4, -0.2) is 76.4 Å². The van der Waals surface area contributed by atoms with Gasteiger partial charge in [-0.05, 0) is 13.1 Å². The maximum Gasteiger partial charge on any atom is 0.0794 e. The number of unbranched alkanes of at least 4 members (excludes halogenated alkanes) is 1. The Morgan fingerprint density at radius 3 is 1.05 bits per heavy atom. The average molecular weight is 331 g/mol. The maximum absolute atomic E-state index is 5.57. The smallest absolute Gasteiger partial charge is 0.0794 e. The lowest BCUT2D eigenvalue weighted by atomic mass is 10.2. The molecule has 4 nitrogen and oxygen atoms in total. The molecule has 0 amide bonds. The molecule has 0 rings (SSSR count). The van der Waals surface area contributed by atoms with Gasteiger partial charge in [0.05, 0.1) is 54.4 Å². The lowest BCUT2D eigenvalue weighted by Crippen LogP contribution is -3.00. The van der Waals surface area contributed by atoms with Gasteiger partial charge in [0.15, 0.2) is 0 Å². The fourth-order valence-electron chi connectivity index (χ4n) is 2.34. The SMILES string of the molecule is C[N+](C)(CCCN)CCCC[N+](C)(C)CCCN.[Cl-].[Cl-]. The molecule has 0 aromatic carbocycles. The third-order valence-electron chi connectivity index (χ3n) is 3.71. The highest BCUT2D eigenvalue weighted by molar-refractivity contribution is 4.44. The number of halogens is 2. The van der Waals surface area contributed by atoms with Crippen molar-refractivity contribution in [2.75, 3.05) is 67.5 Å². The van der Waals surface area contributed by atoms with E-state index in [0.717, 1.165) is 34.9 Å². The van der Waals surface area contributed by atoms with Crippen LogP contribution in [0.1, 0.15) is 25.7 Å². The molecule has 0 saturated carbocycles. The highest BCUT2D eigenvalue weighted by Crippen LogP contribution is 2.07. The van der Waals surface area contributed by atoms with Crippen LogP contribution >= 0.6 is 0 Å². The van der Waals surface area contributed by atoms with Gasteiger partial charge in [0.2, 0.25) is 0 Å². The summed E-state index contributed by atoms with van der Waals surface area (Å²) in [6.07, 6.45) is 4.87. The van der Waals surface area contributed by atoms with Crippen molar-refractivity contribution in [2.24, 2.45) is 11.5 Å². The predicted octanol–water partition coefficient (Wildman–Crippen LogP) is -5.38. The summed E-state index contributed by atoms with van der Waals surface area (Å²) >= 11 is 0. The summed E-state index contributed by atoms with van der Waals surface area (Å²) in [6.45, 7) is 6.53.